The van der Waals surface area contributed by atoms with E-state index in [2.05, 4.69) is 44.0 Å². The zero-order valence-corrected chi connectivity index (χ0v) is 11.8. The number of hydrogen-bond donors (Lipinski definition) is 1. The third-order valence-corrected chi connectivity index (χ3v) is 3.37. The van der Waals surface area contributed by atoms with Gasteiger partial charge in [0.15, 0.2) is 0 Å². The van der Waals surface area contributed by atoms with Gasteiger partial charge < -0.3 is 4.90 Å². The molecule has 0 radical (unpaired) electrons. The fraction of sp³-hybridized carbons (Fsp3) is 0.929. The maximum Gasteiger partial charge on any atom is 0.109 e. The molecular formula is C14H29N3. The minimum absolute atomic E-state index is 0. The van der Waals surface area contributed by atoms with E-state index < -0.39 is 0 Å². The summed E-state index contributed by atoms with van der Waals surface area (Å²) in [6.07, 6.45) is 4.42. The van der Waals surface area contributed by atoms with Crippen LogP contribution in [0.25, 0.3) is 0 Å². The summed E-state index contributed by atoms with van der Waals surface area (Å²) in [5.74, 6) is 0. The Kier molecular flexibility index (Phi) is 4.97. The van der Waals surface area contributed by atoms with Crippen LogP contribution >= 0.6 is 0 Å². The van der Waals surface area contributed by atoms with Crippen molar-refractivity contribution in [2.24, 2.45) is 0 Å². The summed E-state index contributed by atoms with van der Waals surface area (Å²) in [6, 6.07) is 2.51. The Morgan fingerprint density at radius 2 is 1.94 bits per heavy atom. The second-order valence-electron chi connectivity index (χ2n) is 6.26. The van der Waals surface area contributed by atoms with Crippen LogP contribution in [0.2, 0.25) is 0 Å². The van der Waals surface area contributed by atoms with Crippen LogP contribution in [0.3, 0.4) is 0 Å². The zero-order valence-electron chi connectivity index (χ0n) is 11.8. The molecule has 1 aliphatic rings. The molecule has 0 aromatic carbocycles. The first kappa shape index (κ1) is 14.5. The van der Waals surface area contributed by atoms with Crippen molar-refractivity contribution in [2.45, 2.75) is 64.5 Å². The maximum atomic E-state index is 9.44. The molecule has 0 bridgehead atoms. The third kappa shape index (κ3) is 4.65. The summed E-state index contributed by atoms with van der Waals surface area (Å²) < 4.78 is 0. The molecule has 0 saturated carbocycles. The SMILES string of the molecule is CCCCN1CCC(C#N)(NC(C)(C)C)CC1.[HH]. The number of nitriles is 1. The van der Waals surface area contributed by atoms with E-state index in [1.165, 1.54) is 19.4 Å². The molecule has 1 rings (SSSR count). The van der Waals surface area contributed by atoms with E-state index >= 15 is 0 Å². The number of hydrogen-bond acceptors (Lipinski definition) is 3. The van der Waals surface area contributed by atoms with E-state index in [1.54, 1.807) is 0 Å². The number of nitrogens with one attached hydrogen (secondary N) is 1. The number of piperidine rings is 1. The molecule has 1 N–H and O–H groups in total. The van der Waals surface area contributed by atoms with Gasteiger partial charge in [-0.3, -0.25) is 5.32 Å². The molecule has 0 aromatic rings. The van der Waals surface area contributed by atoms with Gasteiger partial charge in [0.05, 0.1) is 6.07 Å². The smallest absolute Gasteiger partial charge is 0.109 e. The number of nitrogens with zero attached hydrogens (tertiary/aromatic N) is 2. The van der Waals surface area contributed by atoms with Gasteiger partial charge in [-0.15, -0.1) is 0 Å². The lowest BCUT2D eigenvalue weighted by atomic mass is 9.86. The molecule has 0 aliphatic carbocycles. The summed E-state index contributed by atoms with van der Waals surface area (Å²) >= 11 is 0. The Bertz CT molecular complexity index is 270. The summed E-state index contributed by atoms with van der Waals surface area (Å²) in [5.41, 5.74) is -0.289. The Morgan fingerprint density at radius 1 is 1.35 bits per heavy atom. The van der Waals surface area contributed by atoms with Gasteiger partial charge in [0, 0.05) is 20.1 Å². The van der Waals surface area contributed by atoms with Crippen molar-refractivity contribution in [1.29, 1.82) is 5.26 Å². The van der Waals surface area contributed by atoms with Crippen LogP contribution in [-0.4, -0.2) is 35.6 Å². The van der Waals surface area contributed by atoms with Crippen LogP contribution in [0.15, 0.2) is 0 Å². The summed E-state index contributed by atoms with van der Waals surface area (Å²) in [7, 11) is 0. The van der Waals surface area contributed by atoms with Gasteiger partial charge in [0.25, 0.3) is 0 Å². The standard InChI is InChI=1S/C14H27N3.H2/c1-5-6-9-17-10-7-14(12-15,8-11-17)16-13(2,3)4;/h16H,5-11H2,1-4H3;1H. The van der Waals surface area contributed by atoms with Crippen molar-refractivity contribution in [3.63, 3.8) is 0 Å². The van der Waals surface area contributed by atoms with Gasteiger partial charge >= 0.3 is 0 Å². The average molecular weight is 239 g/mol. The number of likely N-dealkylation sites (tertiary alicyclic amines) is 1. The lowest BCUT2D eigenvalue weighted by Crippen LogP contribution is -2.58. The first-order valence-electron chi connectivity index (χ1n) is 6.84. The molecule has 1 fully saturated rings. The molecule has 0 unspecified atom stereocenters. The van der Waals surface area contributed by atoms with Gasteiger partial charge in [-0.25, -0.2) is 0 Å². The van der Waals surface area contributed by atoms with Gasteiger partial charge in [-0.2, -0.15) is 5.26 Å². The lowest BCUT2D eigenvalue weighted by Gasteiger charge is -2.41. The number of unbranched alkanes of at least 4 members (excludes halogenated alkanes) is 1. The summed E-state index contributed by atoms with van der Waals surface area (Å²) in [5, 5.41) is 12.9. The molecule has 0 atom stereocenters. The second kappa shape index (κ2) is 5.84. The molecule has 3 heteroatoms. The maximum absolute atomic E-state index is 9.44. The first-order valence-corrected chi connectivity index (χ1v) is 6.84. The summed E-state index contributed by atoms with van der Waals surface area (Å²) in [4.78, 5) is 2.49. The fourth-order valence-electron chi connectivity index (χ4n) is 2.52. The zero-order chi connectivity index (χ0) is 12.9. The average Bonchev–Trinajstić information content (AvgIpc) is 2.26. The van der Waals surface area contributed by atoms with Crippen LogP contribution in [0.1, 0.15) is 54.8 Å². The van der Waals surface area contributed by atoms with Crippen molar-refractivity contribution >= 4 is 0 Å². The molecule has 1 saturated heterocycles. The van der Waals surface area contributed by atoms with E-state index in [0.717, 1.165) is 25.9 Å². The quantitative estimate of drug-likeness (QED) is 0.820. The molecule has 0 amide bonds. The molecule has 1 heterocycles. The van der Waals surface area contributed by atoms with E-state index in [4.69, 9.17) is 0 Å². The highest BCUT2D eigenvalue weighted by molar-refractivity contribution is 5.11. The van der Waals surface area contributed by atoms with Crippen molar-refractivity contribution in [2.75, 3.05) is 19.6 Å². The highest BCUT2D eigenvalue weighted by Crippen LogP contribution is 2.24. The van der Waals surface area contributed by atoms with E-state index in [0.29, 0.717) is 0 Å². The molecule has 0 spiro atoms. The Balaban J connectivity index is 0.00000289. The van der Waals surface area contributed by atoms with Gasteiger partial charge in [0.2, 0.25) is 0 Å². The Morgan fingerprint density at radius 3 is 2.35 bits per heavy atom. The normalized spacial score (nSPS) is 21.1. The predicted octanol–water partition coefficient (Wildman–Crippen LogP) is 2.78. The van der Waals surface area contributed by atoms with Crippen molar-refractivity contribution in [3.8, 4) is 6.07 Å². The molecule has 100 valence electrons. The van der Waals surface area contributed by atoms with Crippen molar-refractivity contribution in [3.05, 3.63) is 0 Å². The fourth-order valence-corrected chi connectivity index (χ4v) is 2.52. The predicted molar refractivity (Wildman–Crippen MR) is 73.9 cm³/mol. The van der Waals surface area contributed by atoms with Crippen LogP contribution < -0.4 is 5.32 Å². The molecule has 3 nitrogen and oxygen atoms in total. The number of rotatable bonds is 4. The second-order valence-corrected chi connectivity index (χ2v) is 6.26. The molecule has 0 aromatic heterocycles. The van der Waals surface area contributed by atoms with Crippen LogP contribution in [0.4, 0.5) is 0 Å². The van der Waals surface area contributed by atoms with Gasteiger partial charge in [-0.1, -0.05) is 13.3 Å². The molecule has 1 aliphatic heterocycles. The minimum Gasteiger partial charge on any atom is -0.303 e. The highest BCUT2D eigenvalue weighted by atomic mass is 15.2. The Hall–Kier alpha value is -0.590. The van der Waals surface area contributed by atoms with Crippen LogP contribution in [0.5, 0.6) is 0 Å². The third-order valence-electron chi connectivity index (χ3n) is 3.37. The van der Waals surface area contributed by atoms with E-state index in [-0.39, 0.29) is 12.5 Å². The van der Waals surface area contributed by atoms with Gasteiger partial charge in [0.1, 0.15) is 5.54 Å². The molecule has 17 heavy (non-hydrogen) atoms. The minimum atomic E-state index is -0.305. The first-order chi connectivity index (χ1) is 7.91. The van der Waals surface area contributed by atoms with Crippen molar-refractivity contribution in [1.82, 2.24) is 10.2 Å². The lowest BCUT2D eigenvalue weighted by molar-refractivity contribution is 0.145. The molecular weight excluding hydrogens is 210 g/mol. The van der Waals surface area contributed by atoms with E-state index in [1.807, 2.05) is 0 Å². The van der Waals surface area contributed by atoms with Gasteiger partial charge in [-0.05, 0) is 46.6 Å². The topological polar surface area (TPSA) is 39.1 Å². The monoisotopic (exact) mass is 239 g/mol. The Labute approximate surface area is 108 Å². The van der Waals surface area contributed by atoms with E-state index in [9.17, 15) is 5.26 Å². The largest absolute Gasteiger partial charge is 0.303 e. The van der Waals surface area contributed by atoms with Crippen LogP contribution in [-0.2, 0) is 0 Å². The van der Waals surface area contributed by atoms with Crippen LogP contribution in [0, 0.1) is 11.3 Å². The highest BCUT2D eigenvalue weighted by Gasteiger charge is 2.37. The summed E-state index contributed by atoms with van der Waals surface area (Å²) in [6.45, 7) is 11.9. The van der Waals surface area contributed by atoms with Crippen molar-refractivity contribution < 1.29 is 1.43 Å².